The summed E-state index contributed by atoms with van der Waals surface area (Å²) in [5.41, 5.74) is 4.70. The number of carbonyl (C=O) groups is 2. The van der Waals surface area contributed by atoms with Gasteiger partial charge in [0.1, 0.15) is 11.5 Å². The summed E-state index contributed by atoms with van der Waals surface area (Å²) in [6.45, 7) is 0.418. The van der Waals surface area contributed by atoms with E-state index >= 15 is 0 Å². The number of hydrogen-bond acceptors (Lipinski definition) is 6. The third kappa shape index (κ3) is 4.79. The Morgan fingerprint density at radius 2 is 1.46 bits per heavy atom. The van der Waals surface area contributed by atoms with Gasteiger partial charge in [-0.3, -0.25) is 4.79 Å². The van der Waals surface area contributed by atoms with Crippen LogP contribution in [0.3, 0.4) is 0 Å². The first-order valence-electron chi connectivity index (χ1n) is 11.3. The molecular formula is C27H29N3O4S. The van der Waals surface area contributed by atoms with Crippen LogP contribution in [0.4, 0.5) is 11.4 Å². The van der Waals surface area contributed by atoms with Gasteiger partial charge >= 0.3 is 5.97 Å². The van der Waals surface area contributed by atoms with Crippen LogP contribution in [-0.4, -0.2) is 57.5 Å². The maximum absolute atomic E-state index is 12.7. The number of benzene rings is 3. The quantitative estimate of drug-likeness (QED) is 0.331. The number of aromatic carboxylic acids is 1. The highest BCUT2D eigenvalue weighted by atomic mass is 32.1. The van der Waals surface area contributed by atoms with Crippen LogP contribution in [0.25, 0.3) is 0 Å². The fourth-order valence-corrected chi connectivity index (χ4v) is 4.40. The van der Waals surface area contributed by atoms with E-state index in [0.717, 1.165) is 22.5 Å². The summed E-state index contributed by atoms with van der Waals surface area (Å²) in [4.78, 5) is 29.0. The van der Waals surface area contributed by atoms with E-state index in [-0.39, 0.29) is 11.5 Å². The van der Waals surface area contributed by atoms with Crippen LogP contribution in [-0.2, 0) is 0 Å². The number of fused-ring (bicyclic) bond motifs is 2. The lowest BCUT2D eigenvalue weighted by Crippen LogP contribution is -2.26. The standard InChI is InChI=1S/C27H29N3O4S/c1-29(2)17-6-9-20-23(14-17)34-24-15-18(30(3)4)7-10-21(24)25(20)22-13-16(26(31)28-11-12-35)5-8-19(22)27(32)33/h5-10,13-15,25,35H,11-12H2,1-4H3,(H,28,31)(H,32,33). The highest BCUT2D eigenvalue weighted by Crippen LogP contribution is 2.50. The van der Waals surface area contributed by atoms with E-state index in [2.05, 4.69) is 17.9 Å². The molecule has 1 amide bonds. The zero-order valence-corrected chi connectivity index (χ0v) is 21.1. The number of thiol groups is 1. The molecular weight excluding hydrogens is 462 g/mol. The molecule has 8 heteroatoms. The number of carbonyl (C=O) groups excluding carboxylic acids is 1. The van der Waals surface area contributed by atoms with Gasteiger partial charge in [0.2, 0.25) is 0 Å². The van der Waals surface area contributed by atoms with Crippen LogP contribution in [0.2, 0.25) is 0 Å². The highest BCUT2D eigenvalue weighted by Gasteiger charge is 2.32. The molecule has 0 aromatic heterocycles. The molecule has 7 nitrogen and oxygen atoms in total. The van der Waals surface area contributed by atoms with Gasteiger partial charge in [0.15, 0.2) is 0 Å². The molecule has 1 aliphatic rings. The van der Waals surface area contributed by atoms with Crippen LogP contribution in [0.5, 0.6) is 11.5 Å². The monoisotopic (exact) mass is 491 g/mol. The normalized spacial score (nSPS) is 12.3. The van der Waals surface area contributed by atoms with E-state index in [1.54, 1.807) is 12.1 Å². The van der Waals surface area contributed by atoms with Crippen LogP contribution < -0.4 is 19.9 Å². The maximum Gasteiger partial charge on any atom is 0.335 e. The fourth-order valence-electron chi connectivity index (χ4n) is 4.29. The number of ether oxygens (including phenoxy) is 1. The number of nitrogens with one attached hydrogen (secondary N) is 1. The second-order valence-electron chi connectivity index (χ2n) is 8.85. The topological polar surface area (TPSA) is 82.1 Å². The summed E-state index contributed by atoms with van der Waals surface area (Å²) in [6.07, 6.45) is 0. The Morgan fingerprint density at radius 1 is 0.886 bits per heavy atom. The summed E-state index contributed by atoms with van der Waals surface area (Å²) >= 11 is 4.15. The third-order valence-corrected chi connectivity index (χ3v) is 6.35. The lowest BCUT2D eigenvalue weighted by molar-refractivity contribution is 0.0694. The van der Waals surface area contributed by atoms with E-state index in [4.69, 9.17) is 4.74 Å². The molecule has 0 saturated carbocycles. The molecule has 0 fully saturated rings. The minimum atomic E-state index is -1.05. The Labute approximate surface area is 210 Å². The summed E-state index contributed by atoms with van der Waals surface area (Å²) in [5.74, 6) is 0.0821. The van der Waals surface area contributed by atoms with Gasteiger partial charge in [0, 0.05) is 86.6 Å². The van der Waals surface area contributed by atoms with Crippen molar-refractivity contribution in [3.05, 3.63) is 82.4 Å². The molecule has 2 N–H and O–H groups in total. The Balaban J connectivity index is 1.95. The van der Waals surface area contributed by atoms with Crippen LogP contribution in [0.15, 0.2) is 54.6 Å². The van der Waals surface area contributed by atoms with Gasteiger partial charge in [-0.1, -0.05) is 12.1 Å². The van der Waals surface area contributed by atoms with E-state index in [0.29, 0.717) is 34.9 Å². The van der Waals surface area contributed by atoms with Gasteiger partial charge in [-0.05, 0) is 35.9 Å². The zero-order chi connectivity index (χ0) is 25.3. The Kier molecular flexibility index (Phi) is 6.93. The SMILES string of the molecule is CN(C)c1ccc2c(c1)Oc1cc(N(C)C)ccc1C2c1cc(C(=O)NCCS)ccc1C(=O)O. The van der Waals surface area contributed by atoms with E-state index in [1.807, 2.05) is 74.4 Å². The summed E-state index contributed by atoms with van der Waals surface area (Å²) in [6, 6.07) is 16.6. The van der Waals surface area contributed by atoms with Gasteiger partial charge in [-0.15, -0.1) is 0 Å². The first-order chi connectivity index (χ1) is 16.7. The van der Waals surface area contributed by atoms with Gasteiger partial charge in [-0.25, -0.2) is 4.79 Å². The lowest BCUT2D eigenvalue weighted by Gasteiger charge is -2.31. The average molecular weight is 492 g/mol. The first kappa shape index (κ1) is 24.5. The number of amides is 1. The summed E-state index contributed by atoms with van der Waals surface area (Å²) < 4.78 is 6.35. The van der Waals surface area contributed by atoms with Crippen LogP contribution in [0, 0.1) is 0 Å². The molecule has 3 aromatic rings. The van der Waals surface area contributed by atoms with Crippen molar-refractivity contribution in [1.29, 1.82) is 0 Å². The smallest absolute Gasteiger partial charge is 0.335 e. The molecule has 1 aliphatic heterocycles. The number of carboxylic acid groups (broad SMARTS) is 1. The molecule has 3 aromatic carbocycles. The van der Waals surface area contributed by atoms with Gasteiger partial charge in [0.05, 0.1) is 5.56 Å². The Bertz CT molecular complexity index is 1230. The molecule has 0 aliphatic carbocycles. The first-order valence-corrected chi connectivity index (χ1v) is 11.9. The van der Waals surface area contributed by atoms with Crippen molar-refractivity contribution in [3.8, 4) is 11.5 Å². The maximum atomic E-state index is 12.7. The van der Waals surface area contributed by atoms with Crippen LogP contribution >= 0.6 is 12.6 Å². The predicted molar refractivity (Wildman–Crippen MR) is 142 cm³/mol. The Morgan fingerprint density at radius 3 is 1.94 bits per heavy atom. The molecule has 0 bridgehead atoms. The minimum Gasteiger partial charge on any atom is -0.478 e. The zero-order valence-electron chi connectivity index (χ0n) is 20.2. The number of nitrogens with zero attached hydrogens (tertiary/aromatic N) is 2. The van der Waals surface area contributed by atoms with Crippen molar-refractivity contribution in [1.82, 2.24) is 5.32 Å². The second-order valence-corrected chi connectivity index (χ2v) is 9.30. The number of rotatable bonds is 7. The predicted octanol–water partition coefficient (Wildman–Crippen LogP) is 4.46. The van der Waals surface area contributed by atoms with Crippen LogP contribution in [0.1, 0.15) is 43.3 Å². The van der Waals surface area contributed by atoms with E-state index in [1.165, 1.54) is 6.07 Å². The summed E-state index contributed by atoms with van der Waals surface area (Å²) in [5, 5.41) is 12.8. The van der Waals surface area contributed by atoms with Gasteiger partial charge in [-0.2, -0.15) is 12.6 Å². The number of anilines is 2. The van der Waals surface area contributed by atoms with Crippen molar-refractivity contribution in [2.45, 2.75) is 5.92 Å². The number of carboxylic acids is 1. The molecule has 1 heterocycles. The molecule has 0 spiro atoms. The van der Waals surface area contributed by atoms with Crippen molar-refractivity contribution in [3.63, 3.8) is 0 Å². The molecule has 0 radical (unpaired) electrons. The van der Waals surface area contributed by atoms with Crippen molar-refractivity contribution in [2.24, 2.45) is 0 Å². The molecule has 35 heavy (non-hydrogen) atoms. The van der Waals surface area contributed by atoms with Crippen molar-refractivity contribution >= 4 is 35.9 Å². The van der Waals surface area contributed by atoms with E-state index < -0.39 is 11.9 Å². The highest BCUT2D eigenvalue weighted by molar-refractivity contribution is 7.80. The average Bonchev–Trinajstić information content (AvgIpc) is 2.84. The Hall–Kier alpha value is -3.65. The lowest BCUT2D eigenvalue weighted by atomic mass is 9.79. The fraction of sp³-hybridized carbons (Fsp3) is 0.259. The molecule has 182 valence electrons. The van der Waals surface area contributed by atoms with E-state index in [9.17, 15) is 14.7 Å². The largest absolute Gasteiger partial charge is 0.478 e. The molecule has 0 unspecified atom stereocenters. The molecule has 4 rings (SSSR count). The molecule has 0 atom stereocenters. The third-order valence-electron chi connectivity index (χ3n) is 6.12. The van der Waals surface area contributed by atoms with Crippen molar-refractivity contribution < 1.29 is 19.4 Å². The minimum absolute atomic E-state index is 0.146. The van der Waals surface area contributed by atoms with Crippen molar-refractivity contribution in [2.75, 3.05) is 50.3 Å². The number of hydrogen-bond donors (Lipinski definition) is 3. The molecule has 0 saturated heterocycles. The second kappa shape index (κ2) is 9.92. The summed E-state index contributed by atoms with van der Waals surface area (Å²) in [7, 11) is 7.82. The van der Waals surface area contributed by atoms with Gasteiger partial charge in [0.25, 0.3) is 5.91 Å². The van der Waals surface area contributed by atoms with Gasteiger partial charge < -0.3 is 25.0 Å².